The lowest BCUT2D eigenvalue weighted by atomic mass is 9.95. The van der Waals surface area contributed by atoms with Gasteiger partial charge in [-0.1, -0.05) is 12.1 Å². The van der Waals surface area contributed by atoms with E-state index in [0.29, 0.717) is 17.1 Å². The predicted molar refractivity (Wildman–Crippen MR) is 103 cm³/mol. The van der Waals surface area contributed by atoms with Gasteiger partial charge in [-0.15, -0.1) is 0 Å². The molecule has 3 N–H and O–H groups in total. The molecule has 3 rings (SSSR count). The molecule has 1 aromatic heterocycles. The van der Waals surface area contributed by atoms with Crippen LogP contribution in [0.4, 0.5) is 16.4 Å². The van der Waals surface area contributed by atoms with Gasteiger partial charge in [0.05, 0.1) is 17.1 Å². The normalized spacial score (nSPS) is 16.3. The second-order valence-corrected chi connectivity index (χ2v) is 7.56. The first kappa shape index (κ1) is 18.8. The Morgan fingerprint density at radius 3 is 2.63 bits per heavy atom. The van der Waals surface area contributed by atoms with E-state index in [0.717, 1.165) is 11.5 Å². The van der Waals surface area contributed by atoms with Crippen molar-refractivity contribution in [1.29, 1.82) is 0 Å². The zero-order valence-electron chi connectivity index (χ0n) is 15.4. The van der Waals surface area contributed by atoms with Crippen LogP contribution in [0, 0.1) is 6.92 Å². The maximum Gasteiger partial charge on any atom is 0.343 e. The number of ether oxygens (including phenoxy) is 1. The summed E-state index contributed by atoms with van der Waals surface area (Å²) >= 11 is 0.992. The molecule has 2 heterocycles. The number of nitrogen functional groups attached to an aromatic ring is 1. The molecule has 27 heavy (non-hydrogen) atoms. The highest BCUT2D eigenvalue weighted by Gasteiger charge is 2.45. The fraction of sp³-hybridized carbons (Fsp3) is 0.333. The number of benzene rings is 1. The van der Waals surface area contributed by atoms with Gasteiger partial charge in [0.15, 0.2) is 6.10 Å². The monoisotopic (exact) mass is 388 g/mol. The summed E-state index contributed by atoms with van der Waals surface area (Å²) in [5.74, 6) is -1.54. The molecule has 0 saturated carbocycles. The molecule has 8 nitrogen and oxygen atoms in total. The highest BCUT2D eigenvalue weighted by atomic mass is 32.1. The van der Waals surface area contributed by atoms with Gasteiger partial charge in [-0.2, -0.15) is 4.37 Å². The lowest BCUT2D eigenvalue weighted by Gasteiger charge is -2.42. The van der Waals surface area contributed by atoms with E-state index in [9.17, 15) is 14.4 Å². The van der Waals surface area contributed by atoms with Gasteiger partial charge >= 0.3 is 5.97 Å². The van der Waals surface area contributed by atoms with E-state index in [1.54, 1.807) is 45.0 Å². The van der Waals surface area contributed by atoms with E-state index < -0.39 is 23.5 Å². The van der Waals surface area contributed by atoms with Crippen molar-refractivity contribution in [2.45, 2.75) is 39.3 Å². The number of aryl methyl sites for hydroxylation is 1. The van der Waals surface area contributed by atoms with Crippen molar-refractivity contribution in [2.24, 2.45) is 0 Å². The first-order valence-electron chi connectivity index (χ1n) is 8.32. The van der Waals surface area contributed by atoms with Crippen molar-refractivity contribution in [2.75, 3.05) is 16.0 Å². The molecule has 0 fully saturated rings. The van der Waals surface area contributed by atoms with E-state index in [1.165, 1.54) is 11.8 Å². The number of nitrogens with two attached hydrogens (primary N) is 1. The van der Waals surface area contributed by atoms with Crippen LogP contribution in [-0.2, 0) is 14.3 Å². The molecule has 0 aliphatic carbocycles. The number of para-hydroxylation sites is 2. The minimum atomic E-state index is -1.15. The summed E-state index contributed by atoms with van der Waals surface area (Å²) in [5, 5.41) is 3.02. The zero-order valence-corrected chi connectivity index (χ0v) is 16.2. The van der Waals surface area contributed by atoms with Gasteiger partial charge in [0.25, 0.3) is 5.91 Å². The molecule has 0 bridgehead atoms. The fourth-order valence-corrected chi connectivity index (χ4v) is 3.58. The number of anilines is 3. The van der Waals surface area contributed by atoms with Crippen molar-refractivity contribution in [3.8, 4) is 0 Å². The van der Waals surface area contributed by atoms with Crippen LogP contribution in [0.1, 0.15) is 36.8 Å². The summed E-state index contributed by atoms with van der Waals surface area (Å²) in [4.78, 5) is 39.4. The predicted octanol–water partition coefficient (Wildman–Crippen LogP) is 2.34. The number of nitrogens with one attached hydrogen (secondary N) is 1. The minimum absolute atomic E-state index is 0.163. The zero-order chi connectivity index (χ0) is 19.9. The molecular weight excluding hydrogens is 368 g/mol. The number of carbonyl (C=O) groups excluding carboxylic acids is 3. The van der Waals surface area contributed by atoms with Crippen LogP contribution >= 0.6 is 11.5 Å². The average molecular weight is 388 g/mol. The molecule has 9 heteroatoms. The Morgan fingerprint density at radius 1 is 1.33 bits per heavy atom. The van der Waals surface area contributed by atoms with Crippen LogP contribution in [0.3, 0.4) is 0 Å². The van der Waals surface area contributed by atoms with Crippen LogP contribution in [0.2, 0.25) is 0 Å². The van der Waals surface area contributed by atoms with Crippen molar-refractivity contribution in [3.63, 3.8) is 0 Å². The van der Waals surface area contributed by atoms with E-state index in [2.05, 4.69) is 9.69 Å². The van der Waals surface area contributed by atoms with Crippen molar-refractivity contribution in [3.05, 3.63) is 35.5 Å². The van der Waals surface area contributed by atoms with Gasteiger partial charge in [-0.05, 0) is 51.4 Å². The van der Waals surface area contributed by atoms with E-state index in [4.69, 9.17) is 10.5 Å². The minimum Gasteiger partial charge on any atom is -0.449 e. The molecule has 2 aromatic rings. The average Bonchev–Trinajstić information content (AvgIpc) is 2.94. The standard InChI is InChI=1S/C18H20N4O4S/c1-9-13(14(19)27-21-9)16(24)26-10(2)15(23)22-12-8-6-5-7-11(12)20-17(25)18(22,3)4/h5-8,10H,19H2,1-4H3,(H,20,25)/t10-/m0/s1. The van der Waals surface area contributed by atoms with E-state index in [1.807, 2.05) is 0 Å². The van der Waals surface area contributed by atoms with Crippen LogP contribution in [0.15, 0.2) is 24.3 Å². The Kier molecular flexibility index (Phi) is 4.64. The highest BCUT2D eigenvalue weighted by Crippen LogP contribution is 2.37. The summed E-state index contributed by atoms with van der Waals surface area (Å²) < 4.78 is 9.35. The van der Waals surface area contributed by atoms with E-state index >= 15 is 0 Å². The van der Waals surface area contributed by atoms with Crippen LogP contribution in [0.5, 0.6) is 0 Å². The third kappa shape index (κ3) is 3.14. The van der Waals surface area contributed by atoms with Crippen LogP contribution in [0.25, 0.3) is 0 Å². The molecule has 1 aromatic carbocycles. The van der Waals surface area contributed by atoms with Gasteiger partial charge in [0.1, 0.15) is 16.1 Å². The lowest BCUT2D eigenvalue weighted by molar-refractivity contribution is -0.131. The van der Waals surface area contributed by atoms with Gasteiger partial charge in [0, 0.05) is 0 Å². The summed E-state index contributed by atoms with van der Waals surface area (Å²) in [7, 11) is 0. The molecule has 0 unspecified atom stereocenters. The SMILES string of the molecule is Cc1nsc(N)c1C(=O)O[C@@H](C)C(=O)N1c2ccccc2NC(=O)C1(C)C. The number of esters is 1. The topological polar surface area (TPSA) is 115 Å². The number of carbonyl (C=O) groups is 3. The molecule has 1 aliphatic heterocycles. The molecule has 2 amide bonds. The van der Waals surface area contributed by atoms with Gasteiger partial charge in [-0.3, -0.25) is 14.5 Å². The Bertz CT molecular complexity index is 918. The summed E-state index contributed by atoms with van der Waals surface area (Å²) in [6, 6.07) is 6.97. The maximum atomic E-state index is 13.1. The molecular formula is C18H20N4O4S. The molecule has 142 valence electrons. The molecule has 0 spiro atoms. The maximum absolute atomic E-state index is 13.1. The Labute approximate surface area is 160 Å². The van der Waals surface area contributed by atoms with Gasteiger partial charge < -0.3 is 15.8 Å². The lowest BCUT2D eigenvalue weighted by Crippen LogP contribution is -2.60. The molecule has 0 radical (unpaired) electrons. The smallest absolute Gasteiger partial charge is 0.343 e. The third-order valence-electron chi connectivity index (χ3n) is 4.45. The fourth-order valence-electron chi connectivity index (χ4n) is 2.93. The number of hydrogen-bond acceptors (Lipinski definition) is 7. The second-order valence-electron chi connectivity index (χ2n) is 6.76. The molecule has 0 saturated heterocycles. The van der Waals surface area contributed by atoms with Crippen LogP contribution < -0.4 is 16.0 Å². The second kappa shape index (κ2) is 6.66. The number of aromatic nitrogens is 1. The number of amides is 2. The quantitative estimate of drug-likeness (QED) is 0.780. The number of rotatable bonds is 3. The highest BCUT2D eigenvalue weighted by molar-refractivity contribution is 7.10. The summed E-state index contributed by atoms with van der Waals surface area (Å²) in [6.07, 6.45) is -1.12. The number of fused-ring (bicyclic) bond motifs is 1. The number of nitrogens with zero attached hydrogens (tertiary/aromatic N) is 2. The molecule has 1 aliphatic rings. The van der Waals surface area contributed by atoms with Crippen molar-refractivity contribution >= 4 is 45.7 Å². The number of hydrogen-bond donors (Lipinski definition) is 2. The van der Waals surface area contributed by atoms with E-state index in [-0.39, 0.29) is 16.5 Å². The Hall–Kier alpha value is -2.94. The van der Waals surface area contributed by atoms with Gasteiger partial charge in [0.2, 0.25) is 5.91 Å². The van der Waals surface area contributed by atoms with Gasteiger partial charge in [-0.25, -0.2) is 4.79 Å². The van der Waals surface area contributed by atoms with Crippen molar-refractivity contribution in [1.82, 2.24) is 4.37 Å². The summed E-state index contributed by atoms with van der Waals surface area (Å²) in [5.41, 5.74) is 6.30. The Morgan fingerprint density at radius 2 is 2.00 bits per heavy atom. The first-order valence-corrected chi connectivity index (χ1v) is 9.09. The molecule has 1 atom stereocenters. The Balaban J connectivity index is 1.90. The largest absolute Gasteiger partial charge is 0.449 e. The first-order chi connectivity index (χ1) is 12.6. The third-order valence-corrected chi connectivity index (χ3v) is 5.22. The summed E-state index contributed by atoms with van der Waals surface area (Å²) in [6.45, 7) is 6.38. The van der Waals surface area contributed by atoms with Crippen LogP contribution in [-0.4, -0.2) is 33.8 Å². The van der Waals surface area contributed by atoms with Crippen molar-refractivity contribution < 1.29 is 19.1 Å².